The number of H-pyrrole nitrogens is 2. The highest BCUT2D eigenvalue weighted by Gasteiger charge is 2.21. The molecule has 186 valence electrons. The van der Waals surface area contributed by atoms with Crippen LogP contribution in [0.1, 0.15) is 15.9 Å². The van der Waals surface area contributed by atoms with Crippen molar-refractivity contribution in [1.82, 2.24) is 24.7 Å². The minimum atomic E-state index is -0.0692. The number of imidazole rings is 1. The predicted octanol–water partition coefficient (Wildman–Crippen LogP) is 7.46. The summed E-state index contributed by atoms with van der Waals surface area (Å²) in [6, 6.07) is 35.6. The molecular weight excluding hydrogens is 482 g/mol. The highest BCUT2D eigenvalue weighted by molar-refractivity contribution is 6.08. The fraction of sp³-hybridized carbons (Fsp3) is 0. The number of fused-ring (bicyclic) bond motifs is 2. The summed E-state index contributed by atoms with van der Waals surface area (Å²) in [4.78, 5) is 24.7. The lowest BCUT2D eigenvalue weighted by Crippen LogP contribution is -1.97. The van der Waals surface area contributed by atoms with Gasteiger partial charge in [-0.05, 0) is 35.9 Å². The molecule has 0 bridgehead atoms. The molecule has 3 heterocycles. The van der Waals surface area contributed by atoms with Gasteiger partial charge in [-0.1, -0.05) is 91.0 Å². The topological polar surface area (TPSA) is 79.4 Å². The maximum atomic E-state index is 13.0. The fourth-order valence-electron chi connectivity index (χ4n) is 4.93. The summed E-state index contributed by atoms with van der Waals surface area (Å²) >= 11 is 0. The molecule has 0 spiro atoms. The van der Waals surface area contributed by atoms with E-state index in [0.29, 0.717) is 11.5 Å². The summed E-state index contributed by atoms with van der Waals surface area (Å²) in [7, 11) is 0. The molecule has 3 aromatic heterocycles. The second-order valence-electron chi connectivity index (χ2n) is 9.31. The Labute approximate surface area is 224 Å². The lowest BCUT2D eigenvalue weighted by molar-refractivity contribution is 0.104. The number of hydrogen-bond donors (Lipinski definition) is 2. The molecule has 0 fully saturated rings. The zero-order chi connectivity index (χ0) is 26.2. The highest BCUT2D eigenvalue weighted by atomic mass is 16.1. The van der Waals surface area contributed by atoms with Gasteiger partial charge in [-0.15, -0.1) is 0 Å². The van der Waals surface area contributed by atoms with Crippen LogP contribution in [-0.2, 0) is 0 Å². The SMILES string of the molecule is O=C(/C=C/c1cn(-c2nc3ccccc3[nH]2)nc1-c1c(-c2ccccc2)[nH]c2ccccc12)c1ccccc1. The smallest absolute Gasteiger partial charge is 0.229 e. The van der Waals surface area contributed by atoms with Gasteiger partial charge in [0, 0.05) is 33.8 Å². The number of hydrogen-bond acceptors (Lipinski definition) is 3. The van der Waals surface area contributed by atoms with E-state index in [1.165, 1.54) is 0 Å². The van der Waals surface area contributed by atoms with Crippen LogP contribution in [0.25, 0.3) is 56.5 Å². The third-order valence-corrected chi connectivity index (χ3v) is 6.81. The number of nitrogens with one attached hydrogen (secondary N) is 2. The molecule has 2 N–H and O–H groups in total. The van der Waals surface area contributed by atoms with E-state index >= 15 is 0 Å². The van der Waals surface area contributed by atoms with Gasteiger partial charge in [0.25, 0.3) is 0 Å². The monoisotopic (exact) mass is 505 g/mol. The van der Waals surface area contributed by atoms with Crippen molar-refractivity contribution in [3.63, 3.8) is 0 Å². The van der Waals surface area contributed by atoms with Crippen molar-refractivity contribution in [2.75, 3.05) is 0 Å². The van der Waals surface area contributed by atoms with Gasteiger partial charge in [-0.25, -0.2) is 9.67 Å². The summed E-state index contributed by atoms with van der Waals surface area (Å²) < 4.78 is 1.75. The Bertz CT molecular complexity index is 1940. The van der Waals surface area contributed by atoms with Crippen molar-refractivity contribution in [3.05, 3.63) is 133 Å². The van der Waals surface area contributed by atoms with Gasteiger partial charge in [0.15, 0.2) is 5.78 Å². The first kappa shape index (κ1) is 22.7. The average Bonchev–Trinajstić information content (AvgIpc) is 3.71. The molecule has 7 aromatic rings. The Morgan fingerprint density at radius 2 is 1.44 bits per heavy atom. The summed E-state index contributed by atoms with van der Waals surface area (Å²) in [5, 5.41) is 6.10. The van der Waals surface area contributed by atoms with E-state index in [-0.39, 0.29) is 5.78 Å². The van der Waals surface area contributed by atoms with E-state index in [2.05, 4.69) is 34.2 Å². The molecule has 0 radical (unpaired) electrons. The van der Waals surface area contributed by atoms with E-state index in [1.54, 1.807) is 10.8 Å². The number of carbonyl (C=O) groups excluding carboxylic acids is 1. The molecule has 4 aromatic carbocycles. The second-order valence-corrected chi connectivity index (χ2v) is 9.31. The lowest BCUT2D eigenvalue weighted by atomic mass is 9.99. The van der Waals surface area contributed by atoms with Crippen LogP contribution in [0, 0.1) is 0 Å². The maximum absolute atomic E-state index is 13.0. The molecule has 6 heteroatoms. The van der Waals surface area contributed by atoms with E-state index in [4.69, 9.17) is 10.1 Å². The Kier molecular flexibility index (Phi) is 5.49. The van der Waals surface area contributed by atoms with E-state index in [0.717, 1.165) is 50.0 Å². The third kappa shape index (κ3) is 4.14. The minimum Gasteiger partial charge on any atom is -0.354 e. The molecule has 0 aliphatic rings. The number of rotatable bonds is 6. The second kappa shape index (κ2) is 9.43. The summed E-state index contributed by atoms with van der Waals surface area (Å²) in [5.74, 6) is 0.535. The van der Waals surface area contributed by atoms with Crippen molar-refractivity contribution in [3.8, 4) is 28.5 Å². The third-order valence-electron chi connectivity index (χ3n) is 6.81. The molecule has 6 nitrogen and oxygen atoms in total. The Balaban J connectivity index is 1.44. The van der Waals surface area contributed by atoms with Gasteiger partial charge in [-0.2, -0.15) is 5.10 Å². The predicted molar refractivity (Wildman–Crippen MR) is 156 cm³/mol. The van der Waals surface area contributed by atoms with Crippen molar-refractivity contribution in [2.45, 2.75) is 0 Å². The average molecular weight is 506 g/mol. The molecule has 0 atom stereocenters. The molecular formula is C33H23N5O. The normalized spacial score (nSPS) is 11.6. The standard InChI is InChI=1S/C33H23N5O/c39-29(22-11-3-1-4-12-22)20-19-24-21-38(33-35-27-17-9-10-18-28(27)36-33)37-32(24)30-25-15-7-8-16-26(25)34-31(30)23-13-5-2-6-14-23/h1-21,34H,(H,35,36)/b20-19+. The summed E-state index contributed by atoms with van der Waals surface area (Å²) in [5.41, 5.74) is 7.99. The van der Waals surface area contributed by atoms with Crippen LogP contribution in [-0.4, -0.2) is 30.5 Å². The van der Waals surface area contributed by atoms with Crippen LogP contribution < -0.4 is 0 Å². The van der Waals surface area contributed by atoms with E-state index < -0.39 is 0 Å². The zero-order valence-electron chi connectivity index (χ0n) is 20.9. The number of aromatic nitrogens is 5. The number of benzene rings is 4. The highest BCUT2D eigenvalue weighted by Crippen LogP contribution is 2.39. The Hall–Kier alpha value is -5.49. The van der Waals surface area contributed by atoms with Crippen molar-refractivity contribution >= 4 is 33.8 Å². The molecule has 7 rings (SSSR count). The van der Waals surface area contributed by atoms with Crippen LogP contribution in [0.4, 0.5) is 0 Å². The molecule has 39 heavy (non-hydrogen) atoms. The number of para-hydroxylation sites is 3. The largest absolute Gasteiger partial charge is 0.354 e. The van der Waals surface area contributed by atoms with Gasteiger partial charge < -0.3 is 9.97 Å². The molecule has 0 saturated heterocycles. The van der Waals surface area contributed by atoms with E-state index in [1.807, 2.05) is 97.2 Å². The zero-order valence-corrected chi connectivity index (χ0v) is 20.9. The van der Waals surface area contributed by atoms with E-state index in [9.17, 15) is 4.79 Å². The Morgan fingerprint density at radius 1 is 0.744 bits per heavy atom. The van der Waals surface area contributed by atoms with Gasteiger partial charge in [0.1, 0.15) is 5.69 Å². The fourth-order valence-corrected chi connectivity index (χ4v) is 4.93. The van der Waals surface area contributed by atoms with Crippen LogP contribution in [0.2, 0.25) is 0 Å². The molecule has 0 saturated carbocycles. The number of nitrogens with zero attached hydrogens (tertiary/aromatic N) is 3. The van der Waals surface area contributed by atoms with Gasteiger partial charge in [-0.3, -0.25) is 4.79 Å². The number of ketones is 1. The van der Waals surface area contributed by atoms with Gasteiger partial charge >= 0.3 is 0 Å². The van der Waals surface area contributed by atoms with Crippen LogP contribution in [0.3, 0.4) is 0 Å². The van der Waals surface area contributed by atoms with Crippen molar-refractivity contribution in [2.24, 2.45) is 0 Å². The van der Waals surface area contributed by atoms with Crippen LogP contribution in [0.15, 0.2) is 121 Å². The van der Waals surface area contributed by atoms with Crippen molar-refractivity contribution in [1.29, 1.82) is 0 Å². The molecule has 0 aliphatic heterocycles. The first-order valence-corrected chi connectivity index (χ1v) is 12.7. The lowest BCUT2D eigenvalue weighted by Gasteiger charge is -2.04. The molecule has 0 amide bonds. The Morgan fingerprint density at radius 3 is 2.23 bits per heavy atom. The number of carbonyl (C=O) groups is 1. The quantitative estimate of drug-likeness (QED) is 0.182. The first-order chi connectivity index (χ1) is 19.2. The van der Waals surface area contributed by atoms with Crippen molar-refractivity contribution < 1.29 is 4.79 Å². The molecule has 0 aliphatic carbocycles. The molecule has 0 unspecified atom stereocenters. The summed E-state index contributed by atoms with van der Waals surface area (Å²) in [6.07, 6.45) is 5.36. The van der Waals surface area contributed by atoms with Gasteiger partial charge in [0.05, 0.1) is 16.7 Å². The minimum absolute atomic E-state index is 0.0692. The van der Waals surface area contributed by atoms with Crippen LogP contribution in [0.5, 0.6) is 0 Å². The van der Waals surface area contributed by atoms with Gasteiger partial charge in [0.2, 0.25) is 5.95 Å². The van der Waals surface area contributed by atoms with Crippen LogP contribution >= 0.6 is 0 Å². The maximum Gasteiger partial charge on any atom is 0.229 e. The number of aromatic amines is 2. The summed E-state index contributed by atoms with van der Waals surface area (Å²) in [6.45, 7) is 0. The number of allylic oxidation sites excluding steroid dienone is 1. The first-order valence-electron chi connectivity index (χ1n) is 12.7.